The Morgan fingerprint density at radius 3 is 2.23 bits per heavy atom. The van der Waals surface area contributed by atoms with Gasteiger partial charge in [-0.3, -0.25) is 0 Å². The van der Waals surface area contributed by atoms with Gasteiger partial charge in [0.05, 0.1) is 28.7 Å². The van der Waals surface area contributed by atoms with Crippen molar-refractivity contribution in [2.24, 2.45) is 0 Å². The molecule has 0 atom stereocenters. The maximum Gasteiger partial charge on any atom is 0.417 e. The minimum absolute atomic E-state index is 0.136. The first-order chi connectivity index (χ1) is 14.2. The number of hydrogen-bond donors (Lipinski definition) is 0. The molecule has 1 aliphatic rings. The predicted octanol–water partition coefficient (Wildman–Crippen LogP) is 3.49. The largest absolute Gasteiger partial charge is 0.494 e. The van der Waals surface area contributed by atoms with Crippen molar-refractivity contribution in [1.29, 1.82) is 5.26 Å². The van der Waals surface area contributed by atoms with Crippen LogP contribution in [0.15, 0.2) is 47.4 Å². The van der Waals surface area contributed by atoms with E-state index in [9.17, 15) is 21.6 Å². The SMILES string of the molecule is CCOc1ccc(S(=O)(=O)N2CCN(c3ccc(C#N)c(C(F)(F)F)c3)CC2)cc1. The third kappa shape index (κ3) is 4.52. The van der Waals surface area contributed by atoms with Crippen molar-refractivity contribution in [2.75, 3.05) is 37.7 Å². The molecule has 0 saturated carbocycles. The summed E-state index contributed by atoms with van der Waals surface area (Å²) < 4.78 is 71.9. The van der Waals surface area contributed by atoms with Gasteiger partial charge in [-0.15, -0.1) is 0 Å². The van der Waals surface area contributed by atoms with E-state index in [0.29, 0.717) is 18.0 Å². The number of halogens is 3. The third-order valence-corrected chi connectivity index (χ3v) is 6.72. The van der Waals surface area contributed by atoms with Gasteiger partial charge in [0.1, 0.15) is 5.75 Å². The zero-order chi connectivity index (χ0) is 21.9. The summed E-state index contributed by atoms with van der Waals surface area (Å²) in [6.45, 7) is 3.04. The zero-order valence-electron chi connectivity index (χ0n) is 16.2. The molecule has 0 aromatic heterocycles. The Bertz CT molecular complexity index is 1040. The lowest BCUT2D eigenvalue weighted by molar-refractivity contribution is -0.137. The summed E-state index contributed by atoms with van der Waals surface area (Å²) in [7, 11) is -3.71. The molecule has 2 aromatic rings. The lowest BCUT2D eigenvalue weighted by Crippen LogP contribution is -2.48. The topological polar surface area (TPSA) is 73.6 Å². The van der Waals surface area contributed by atoms with Crippen LogP contribution in [0.2, 0.25) is 0 Å². The van der Waals surface area contributed by atoms with Crippen LogP contribution in [0.1, 0.15) is 18.1 Å². The summed E-state index contributed by atoms with van der Waals surface area (Å²) in [5.74, 6) is 0.572. The van der Waals surface area contributed by atoms with Crippen LogP contribution in [-0.2, 0) is 16.2 Å². The van der Waals surface area contributed by atoms with Crippen molar-refractivity contribution in [3.05, 3.63) is 53.6 Å². The maximum atomic E-state index is 13.2. The highest BCUT2D eigenvalue weighted by Gasteiger charge is 2.35. The van der Waals surface area contributed by atoms with E-state index < -0.39 is 27.3 Å². The van der Waals surface area contributed by atoms with E-state index in [-0.39, 0.29) is 31.1 Å². The summed E-state index contributed by atoms with van der Waals surface area (Å²) in [4.78, 5) is 1.82. The lowest BCUT2D eigenvalue weighted by Gasteiger charge is -2.35. The van der Waals surface area contributed by atoms with E-state index in [0.717, 1.165) is 12.1 Å². The van der Waals surface area contributed by atoms with Crippen LogP contribution in [0.4, 0.5) is 18.9 Å². The first-order valence-electron chi connectivity index (χ1n) is 9.26. The molecule has 0 amide bonds. The highest BCUT2D eigenvalue weighted by molar-refractivity contribution is 7.89. The van der Waals surface area contributed by atoms with E-state index >= 15 is 0 Å². The molecule has 1 heterocycles. The number of ether oxygens (including phenoxy) is 1. The average Bonchev–Trinajstić information content (AvgIpc) is 2.73. The van der Waals surface area contributed by atoms with Crippen LogP contribution in [0.25, 0.3) is 0 Å². The number of alkyl halides is 3. The summed E-state index contributed by atoms with van der Waals surface area (Å²) in [5.41, 5.74) is -1.13. The summed E-state index contributed by atoms with van der Waals surface area (Å²) in [5, 5.41) is 8.92. The molecule has 160 valence electrons. The number of nitriles is 1. The number of anilines is 1. The first kappa shape index (κ1) is 21.9. The molecule has 0 radical (unpaired) electrons. The molecule has 0 aliphatic carbocycles. The molecular formula is C20H20F3N3O3S. The summed E-state index contributed by atoms with van der Waals surface area (Å²) in [6, 6.07) is 11.2. The number of rotatable bonds is 5. The molecule has 1 saturated heterocycles. The lowest BCUT2D eigenvalue weighted by atomic mass is 10.1. The van der Waals surface area contributed by atoms with E-state index in [1.165, 1.54) is 22.5 Å². The van der Waals surface area contributed by atoms with Crippen molar-refractivity contribution in [3.8, 4) is 11.8 Å². The van der Waals surface area contributed by atoms with Crippen LogP contribution in [0, 0.1) is 11.3 Å². The second-order valence-electron chi connectivity index (χ2n) is 6.64. The van der Waals surface area contributed by atoms with Crippen molar-refractivity contribution in [2.45, 2.75) is 18.0 Å². The minimum atomic E-state index is -4.64. The Balaban J connectivity index is 1.74. The minimum Gasteiger partial charge on any atom is -0.494 e. The number of nitrogens with zero attached hydrogens (tertiary/aromatic N) is 3. The van der Waals surface area contributed by atoms with Gasteiger partial charge in [-0.2, -0.15) is 22.7 Å². The number of hydrogen-bond acceptors (Lipinski definition) is 5. The molecule has 0 spiro atoms. The molecule has 0 N–H and O–H groups in total. The van der Waals surface area contributed by atoms with Gasteiger partial charge < -0.3 is 9.64 Å². The highest BCUT2D eigenvalue weighted by atomic mass is 32.2. The third-order valence-electron chi connectivity index (χ3n) is 4.81. The second-order valence-corrected chi connectivity index (χ2v) is 8.57. The normalized spacial score (nSPS) is 15.6. The maximum absolute atomic E-state index is 13.2. The fourth-order valence-electron chi connectivity index (χ4n) is 3.27. The molecular weight excluding hydrogens is 419 g/mol. The monoisotopic (exact) mass is 439 g/mol. The van der Waals surface area contributed by atoms with Crippen LogP contribution in [0.5, 0.6) is 5.75 Å². The zero-order valence-corrected chi connectivity index (χ0v) is 17.0. The van der Waals surface area contributed by atoms with Gasteiger partial charge in [0, 0.05) is 31.9 Å². The Labute approximate surface area is 173 Å². The van der Waals surface area contributed by atoms with E-state index in [2.05, 4.69) is 0 Å². The van der Waals surface area contributed by atoms with Gasteiger partial charge in [0.15, 0.2) is 0 Å². The average molecular weight is 439 g/mol. The second kappa shape index (κ2) is 8.53. The van der Waals surface area contributed by atoms with Gasteiger partial charge in [-0.25, -0.2) is 8.42 Å². The molecule has 1 fully saturated rings. The van der Waals surface area contributed by atoms with Crippen LogP contribution < -0.4 is 9.64 Å². The molecule has 0 bridgehead atoms. The Kier molecular flexibility index (Phi) is 6.24. The van der Waals surface area contributed by atoms with Gasteiger partial charge in [-0.1, -0.05) is 0 Å². The highest BCUT2D eigenvalue weighted by Crippen LogP contribution is 2.34. The predicted molar refractivity (Wildman–Crippen MR) is 105 cm³/mol. The van der Waals surface area contributed by atoms with E-state index in [1.54, 1.807) is 23.1 Å². The molecule has 10 heteroatoms. The van der Waals surface area contributed by atoms with Crippen molar-refractivity contribution < 1.29 is 26.3 Å². The number of piperazine rings is 1. The summed E-state index contributed by atoms with van der Waals surface area (Å²) >= 11 is 0. The smallest absolute Gasteiger partial charge is 0.417 e. The van der Waals surface area contributed by atoms with Gasteiger partial charge in [0.25, 0.3) is 0 Å². The molecule has 3 rings (SSSR count). The van der Waals surface area contributed by atoms with Crippen LogP contribution in [0.3, 0.4) is 0 Å². The first-order valence-corrected chi connectivity index (χ1v) is 10.7. The molecule has 6 nitrogen and oxygen atoms in total. The standard InChI is InChI=1S/C20H20F3N3O3S/c1-2-29-17-5-7-18(8-6-17)30(27,28)26-11-9-25(10-12-26)16-4-3-15(14-24)19(13-16)20(21,22)23/h3-8,13H,2,9-12H2,1H3. The van der Waals surface area contributed by atoms with Crippen molar-refractivity contribution in [3.63, 3.8) is 0 Å². The van der Waals surface area contributed by atoms with Crippen molar-refractivity contribution >= 4 is 15.7 Å². The Morgan fingerprint density at radius 1 is 1.07 bits per heavy atom. The fourth-order valence-corrected chi connectivity index (χ4v) is 4.69. The van der Waals surface area contributed by atoms with Gasteiger partial charge in [0.2, 0.25) is 10.0 Å². The quantitative estimate of drug-likeness (QED) is 0.713. The van der Waals surface area contributed by atoms with E-state index in [1.807, 2.05) is 6.92 Å². The van der Waals surface area contributed by atoms with Crippen molar-refractivity contribution in [1.82, 2.24) is 4.31 Å². The Morgan fingerprint density at radius 2 is 1.70 bits per heavy atom. The molecule has 1 aliphatic heterocycles. The Hall–Kier alpha value is -2.77. The fraction of sp³-hybridized carbons (Fsp3) is 0.350. The number of sulfonamides is 1. The molecule has 2 aromatic carbocycles. The molecule has 0 unspecified atom stereocenters. The molecule has 30 heavy (non-hydrogen) atoms. The van der Waals surface area contributed by atoms with E-state index in [4.69, 9.17) is 10.00 Å². The number of benzene rings is 2. The van der Waals surface area contributed by atoms with Gasteiger partial charge in [-0.05, 0) is 49.4 Å². The van der Waals surface area contributed by atoms with Gasteiger partial charge >= 0.3 is 6.18 Å². The van der Waals surface area contributed by atoms with Crippen LogP contribution >= 0.6 is 0 Å². The van der Waals surface area contributed by atoms with Crippen LogP contribution in [-0.4, -0.2) is 45.5 Å². The summed E-state index contributed by atoms with van der Waals surface area (Å²) in [6.07, 6.45) is -4.64.